The molecule has 0 aliphatic rings. The fourth-order valence-corrected chi connectivity index (χ4v) is 6.40. The predicted octanol–water partition coefficient (Wildman–Crippen LogP) is 12.4. The van der Waals surface area contributed by atoms with Crippen molar-refractivity contribution in [2.24, 2.45) is 0 Å². The van der Waals surface area contributed by atoms with Crippen LogP contribution in [0.2, 0.25) is 0 Å². The Kier molecular flexibility index (Phi) is 13.8. The lowest BCUT2D eigenvalue weighted by molar-refractivity contribution is -0.167. The van der Waals surface area contributed by atoms with Crippen molar-refractivity contribution in [3.63, 3.8) is 0 Å². The Morgan fingerprint density at radius 1 is 0.500 bits per heavy atom. The lowest BCUT2D eigenvalue weighted by atomic mass is 9.88. The highest BCUT2D eigenvalue weighted by Crippen LogP contribution is 2.33. The summed E-state index contributed by atoms with van der Waals surface area (Å²) in [7, 11) is 0. The Labute approximate surface area is 316 Å². The van der Waals surface area contributed by atoms with Gasteiger partial charge < -0.3 is 11.1 Å². The molecule has 0 spiro atoms. The van der Waals surface area contributed by atoms with Crippen LogP contribution in [-0.4, -0.2) is 12.1 Å². The Morgan fingerprint density at radius 3 is 1.19 bits per heavy atom. The molecule has 0 bridgehead atoms. The molecule has 0 unspecified atom stereocenters. The van der Waals surface area contributed by atoms with Gasteiger partial charge in [-0.25, -0.2) is 0 Å². The number of amides is 1. The number of carbonyl (C=O) groups is 1. The molecule has 0 saturated heterocycles. The minimum atomic E-state index is -4.92. The normalized spacial score (nSPS) is 12.1. The van der Waals surface area contributed by atoms with Crippen LogP contribution in [0.25, 0.3) is 11.1 Å². The Hall–Kier alpha value is -6.14. The topological polar surface area (TPSA) is 55.1 Å². The van der Waals surface area contributed by atoms with E-state index in [9.17, 15) is 18.0 Å². The number of hydrogen-bond donors (Lipinski definition) is 2. The molecule has 54 heavy (non-hydrogen) atoms. The van der Waals surface area contributed by atoms with Gasteiger partial charge in [0, 0.05) is 11.4 Å². The molecule has 0 aromatic heterocycles. The third-order valence-electron chi connectivity index (χ3n) is 9.09. The number of allylic oxidation sites excluding steroid dienone is 2. The molecular formula is C48H45F3N2O. The molecule has 0 aliphatic carbocycles. The van der Waals surface area contributed by atoms with E-state index in [0.717, 1.165) is 48.1 Å². The van der Waals surface area contributed by atoms with E-state index in [0.29, 0.717) is 0 Å². The summed E-state index contributed by atoms with van der Waals surface area (Å²) in [6.07, 6.45) is -1.34. The predicted molar refractivity (Wildman–Crippen MR) is 218 cm³/mol. The smallest absolute Gasteiger partial charge is 0.399 e. The number of anilines is 2. The zero-order chi connectivity index (χ0) is 38.3. The van der Waals surface area contributed by atoms with E-state index in [1.54, 1.807) is 12.1 Å². The van der Waals surface area contributed by atoms with E-state index in [4.69, 9.17) is 5.73 Å². The summed E-state index contributed by atoms with van der Waals surface area (Å²) in [5.41, 5.74) is 18.8. The second-order valence-corrected chi connectivity index (χ2v) is 12.9. The maximum absolute atomic E-state index is 12.5. The summed E-state index contributed by atoms with van der Waals surface area (Å²) in [6.45, 7) is 4.33. The van der Waals surface area contributed by atoms with Crippen LogP contribution in [0, 0.1) is 0 Å². The van der Waals surface area contributed by atoms with Crippen molar-refractivity contribution < 1.29 is 18.0 Å². The highest BCUT2D eigenvalue weighted by molar-refractivity contribution is 5.95. The molecule has 274 valence electrons. The van der Waals surface area contributed by atoms with E-state index in [-0.39, 0.29) is 5.69 Å². The Bertz CT molecular complexity index is 2120. The van der Waals surface area contributed by atoms with Crippen LogP contribution in [0.1, 0.15) is 60.1 Å². The molecule has 0 fully saturated rings. The van der Waals surface area contributed by atoms with Crippen molar-refractivity contribution in [2.45, 2.75) is 45.7 Å². The number of halogens is 3. The van der Waals surface area contributed by atoms with Crippen molar-refractivity contribution in [1.29, 1.82) is 0 Å². The first-order valence-corrected chi connectivity index (χ1v) is 18.1. The SMILES string of the molecule is CCC(Cc1ccccc1)=C(c1ccccc1)c1ccc(N)cc1.CCC(Cc1ccccc1)=C(c1ccccc1)c1ccc(NC(=O)C(F)(F)F)cc1. The maximum Gasteiger partial charge on any atom is 0.471 e. The van der Waals surface area contributed by atoms with Crippen LogP contribution in [0.5, 0.6) is 0 Å². The monoisotopic (exact) mass is 722 g/mol. The molecule has 6 rings (SSSR count). The standard InChI is InChI=1S/C25H22F3NO.C23H23N/c1-2-19(17-18-9-5-3-6-10-18)23(20-11-7-4-8-12-20)21-13-15-22(16-14-21)29-24(30)25(26,27)28;1-2-19(17-18-9-5-3-6-10-18)23(20-11-7-4-8-12-20)21-13-15-22(24)16-14-21/h3-16H,2,17H2,1H3,(H,29,30);3-16H,2,17,24H2,1H3. The first-order chi connectivity index (χ1) is 26.2. The number of alkyl halides is 3. The summed E-state index contributed by atoms with van der Waals surface area (Å²) in [5, 5.41) is 1.89. The zero-order valence-corrected chi connectivity index (χ0v) is 30.6. The van der Waals surface area contributed by atoms with Crippen molar-refractivity contribution in [3.05, 3.63) is 214 Å². The minimum Gasteiger partial charge on any atom is -0.399 e. The molecule has 0 aliphatic heterocycles. The number of carbonyl (C=O) groups excluding carboxylic acids is 1. The van der Waals surface area contributed by atoms with Gasteiger partial charge in [-0.3, -0.25) is 4.79 Å². The van der Waals surface area contributed by atoms with Gasteiger partial charge in [-0.2, -0.15) is 13.2 Å². The summed E-state index contributed by atoms with van der Waals surface area (Å²) in [4.78, 5) is 11.2. The highest BCUT2D eigenvalue weighted by Gasteiger charge is 2.38. The van der Waals surface area contributed by atoms with Crippen LogP contribution >= 0.6 is 0 Å². The van der Waals surface area contributed by atoms with Crippen LogP contribution in [0.3, 0.4) is 0 Å². The number of nitrogen functional groups attached to an aromatic ring is 1. The van der Waals surface area contributed by atoms with Gasteiger partial charge >= 0.3 is 12.1 Å². The minimum absolute atomic E-state index is 0.106. The van der Waals surface area contributed by atoms with Gasteiger partial charge in [-0.1, -0.05) is 171 Å². The van der Waals surface area contributed by atoms with Gasteiger partial charge in [-0.05, 0) is 94.5 Å². The summed E-state index contributed by atoms with van der Waals surface area (Å²) in [6, 6.07) is 56.0. The van der Waals surface area contributed by atoms with Crippen LogP contribution in [-0.2, 0) is 17.6 Å². The van der Waals surface area contributed by atoms with Crippen molar-refractivity contribution in [1.82, 2.24) is 0 Å². The van der Waals surface area contributed by atoms with Gasteiger partial charge in [0.15, 0.2) is 0 Å². The summed E-state index contributed by atoms with van der Waals surface area (Å²) < 4.78 is 37.5. The molecule has 0 atom stereocenters. The average molecular weight is 723 g/mol. The highest BCUT2D eigenvalue weighted by atomic mass is 19.4. The second kappa shape index (κ2) is 19.1. The largest absolute Gasteiger partial charge is 0.471 e. The number of benzene rings is 6. The molecule has 6 heteroatoms. The van der Waals surface area contributed by atoms with Gasteiger partial charge in [0.25, 0.3) is 0 Å². The number of nitrogens with one attached hydrogen (secondary N) is 1. The van der Waals surface area contributed by atoms with Gasteiger partial charge in [0.2, 0.25) is 0 Å². The molecule has 3 N–H and O–H groups in total. The van der Waals surface area contributed by atoms with Crippen molar-refractivity contribution in [3.8, 4) is 0 Å². The molecule has 6 aromatic rings. The lowest BCUT2D eigenvalue weighted by Crippen LogP contribution is -2.29. The maximum atomic E-state index is 12.5. The fourth-order valence-electron chi connectivity index (χ4n) is 6.40. The first kappa shape index (κ1) is 39.1. The average Bonchev–Trinajstić information content (AvgIpc) is 3.20. The lowest BCUT2D eigenvalue weighted by Gasteiger charge is -2.17. The van der Waals surface area contributed by atoms with E-state index in [2.05, 4.69) is 98.8 Å². The third kappa shape index (κ3) is 10.9. The van der Waals surface area contributed by atoms with Gasteiger partial charge in [-0.15, -0.1) is 0 Å². The molecule has 3 nitrogen and oxygen atoms in total. The molecule has 0 radical (unpaired) electrons. The van der Waals surface area contributed by atoms with E-state index in [1.807, 2.05) is 66.0 Å². The number of rotatable bonds is 11. The quantitative estimate of drug-likeness (QED) is 0.131. The van der Waals surface area contributed by atoms with Crippen molar-refractivity contribution in [2.75, 3.05) is 11.1 Å². The Morgan fingerprint density at radius 2 is 0.833 bits per heavy atom. The first-order valence-electron chi connectivity index (χ1n) is 18.1. The Balaban J connectivity index is 0.000000213. The second-order valence-electron chi connectivity index (χ2n) is 12.9. The van der Waals surface area contributed by atoms with Crippen LogP contribution < -0.4 is 11.1 Å². The van der Waals surface area contributed by atoms with E-state index >= 15 is 0 Å². The van der Waals surface area contributed by atoms with E-state index in [1.165, 1.54) is 51.1 Å². The molecular weight excluding hydrogens is 678 g/mol. The summed E-state index contributed by atoms with van der Waals surface area (Å²) >= 11 is 0. The molecule has 0 saturated carbocycles. The van der Waals surface area contributed by atoms with Crippen LogP contribution in [0.4, 0.5) is 24.5 Å². The number of hydrogen-bond acceptors (Lipinski definition) is 2. The van der Waals surface area contributed by atoms with Gasteiger partial charge in [0.05, 0.1) is 0 Å². The molecule has 1 amide bonds. The summed E-state index contributed by atoms with van der Waals surface area (Å²) in [5.74, 6) is -1.98. The third-order valence-corrected chi connectivity index (χ3v) is 9.09. The molecule has 6 aromatic carbocycles. The van der Waals surface area contributed by atoms with Crippen molar-refractivity contribution >= 4 is 28.4 Å². The van der Waals surface area contributed by atoms with E-state index < -0.39 is 12.1 Å². The van der Waals surface area contributed by atoms with Crippen LogP contribution in [0.15, 0.2) is 181 Å². The van der Waals surface area contributed by atoms with Gasteiger partial charge in [0.1, 0.15) is 0 Å². The zero-order valence-electron chi connectivity index (χ0n) is 30.6. The number of nitrogens with two attached hydrogens (primary N) is 1. The molecule has 0 heterocycles. The fraction of sp³-hybridized carbons (Fsp3) is 0.146.